The third kappa shape index (κ3) is 3.15. The first-order chi connectivity index (χ1) is 9.51. The second-order valence-corrected chi connectivity index (χ2v) is 5.40. The molecule has 0 saturated carbocycles. The number of nitrogens with zero attached hydrogens (tertiary/aromatic N) is 2. The lowest BCUT2D eigenvalue weighted by molar-refractivity contribution is -0.146. The lowest BCUT2D eigenvalue weighted by Crippen LogP contribution is -2.59. The number of rotatable bonds is 4. The van der Waals surface area contributed by atoms with Gasteiger partial charge < -0.3 is 10.2 Å². The predicted octanol–water partition coefficient (Wildman–Crippen LogP) is 1.26. The minimum Gasteiger partial charge on any atom is -0.342 e. The first kappa shape index (κ1) is 14.5. The normalized spacial score (nSPS) is 20.8. The Balaban J connectivity index is 2.14. The van der Waals surface area contributed by atoms with Gasteiger partial charge in [0, 0.05) is 5.69 Å². The van der Waals surface area contributed by atoms with Crippen molar-refractivity contribution in [3.63, 3.8) is 0 Å². The standard InChI is InChI=1S/C15H21N3O2/c1-4-10(2)14-15(20)18(9-13(19)17-14)8-12-7-5-6-11(3)16-12/h5-7,10,14H,4,8-9H2,1-3H3,(H,17,19). The molecule has 0 aromatic carbocycles. The van der Waals surface area contributed by atoms with Crippen molar-refractivity contribution in [2.45, 2.75) is 39.8 Å². The molecule has 108 valence electrons. The van der Waals surface area contributed by atoms with E-state index in [4.69, 9.17) is 0 Å². The molecule has 20 heavy (non-hydrogen) atoms. The van der Waals surface area contributed by atoms with Gasteiger partial charge in [0.1, 0.15) is 12.6 Å². The van der Waals surface area contributed by atoms with Gasteiger partial charge in [-0.3, -0.25) is 14.6 Å². The van der Waals surface area contributed by atoms with Crippen molar-refractivity contribution in [1.82, 2.24) is 15.2 Å². The Hall–Kier alpha value is -1.91. The summed E-state index contributed by atoms with van der Waals surface area (Å²) in [6.45, 7) is 6.42. The number of aromatic nitrogens is 1. The average molecular weight is 275 g/mol. The largest absolute Gasteiger partial charge is 0.342 e. The number of hydrogen-bond donors (Lipinski definition) is 1. The molecule has 5 heteroatoms. The van der Waals surface area contributed by atoms with Gasteiger partial charge in [0.15, 0.2) is 0 Å². The van der Waals surface area contributed by atoms with Crippen molar-refractivity contribution >= 4 is 11.8 Å². The van der Waals surface area contributed by atoms with Crippen molar-refractivity contribution in [2.24, 2.45) is 5.92 Å². The minimum absolute atomic E-state index is 0.0118. The monoisotopic (exact) mass is 275 g/mol. The van der Waals surface area contributed by atoms with Gasteiger partial charge in [-0.25, -0.2) is 0 Å². The molecular formula is C15H21N3O2. The van der Waals surface area contributed by atoms with Gasteiger partial charge in [0.2, 0.25) is 11.8 Å². The number of aryl methyl sites for hydroxylation is 1. The van der Waals surface area contributed by atoms with Crippen LogP contribution in [0.4, 0.5) is 0 Å². The molecule has 1 N–H and O–H groups in total. The summed E-state index contributed by atoms with van der Waals surface area (Å²) < 4.78 is 0. The molecule has 2 heterocycles. The summed E-state index contributed by atoms with van der Waals surface area (Å²) in [5, 5.41) is 2.79. The van der Waals surface area contributed by atoms with Gasteiger partial charge in [0.05, 0.1) is 12.2 Å². The molecule has 2 rings (SSSR count). The summed E-state index contributed by atoms with van der Waals surface area (Å²) in [6, 6.07) is 5.30. The molecule has 2 amide bonds. The Morgan fingerprint density at radius 3 is 2.85 bits per heavy atom. The van der Waals surface area contributed by atoms with E-state index in [1.165, 1.54) is 0 Å². The van der Waals surface area contributed by atoms with Crippen molar-refractivity contribution in [1.29, 1.82) is 0 Å². The van der Waals surface area contributed by atoms with E-state index in [1.54, 1.807) is 4.90 Å². The number of pyridine rings is 1. The number of amides is 2. The Labute approximate surface area is 119 Å². The highest BCUT2D eigenvalue weighted by molar-refractivity contribution is 5.94. The van der Waals surface area contributed by atoms with Gasteiger partial charge in [-0.15, -0.1) is 0 Å². The molecular weight excluding hydrogens is 254 g/mol. The van der Waals surface area contributed by atoms with Crippen LogP contribution in [0.25, 0.3) is 0 Å². The second kappa shape index (κ2) is 6.03. The van der Waals surface area contributed by atoms with E-state index in [1.807, 2.05) is 39.0 Å². The van der Waals surface area contributed by atoms with Crippen LogP contribution in [0.1, 0.15) is 31.7 Å². The number of hydrogen-bond acceptors (Lipinski definition) is 3. The first-order valence-electron chi connectivity index (χ1n) is 7.02. The maximum absolute atomic E-state index is 12.4. The molecule has 1 aliphatic heterocycles. The van der Waals surface area contributed by atoms with E-state index in [9.17, 15) is 9.59 Å². The molecule has 1 saturated heterocycles. The van der Waals surface area contributed by atoms with Gasteiger partial charge in [-0.1, -0.05) is 26.3 Å². The highest BCUT2D eigenvalue weighted by Gasteiger charge is 2.35. The van der Waals surface area contributed by atoms with Crippen LogP contribution in [0.3, 0.4) is 0 Å². The van der Waals surface area contributed by atoms with Crippen LogP contribution in [-0.4, -0.2) is 34.3 Å². The predicted molar refractivity (Wildman–Crippen MR) is 75.8 cm³/mol. The van der Waals surface area contributed by atoms with Crippen LogP contribution in [0, 0.1) is 12.8 Å². The van der Waals surface area contributed by atoms with Crippen molar-refractivity contribution in [2.75, 3.05) is 6.54 Å². The summed E-state index contributed by atoms with van der Waals surface area (Å²) in [4.78, 5) is 30.2. The molecule has 1 aromatic heterocycles. The minimum atomic E-state index is -0.411. The van der Waals surface area contributed by atoms with E-state index in [0.717, 1.165) is 17.8 Å². The van der Waals surface area contributed by atoms with Gasteiger partial charge in [-0.2, -0.15) is 0 Å². The second-order valence-electron chi connectivity index (χ2n) is 5.40. The molecule has 1 aromatic rings. The van der Waals surface area contributed by atoms with Crippen LogP contribution >= 0.6 is 0 Å². The smallest absolute Gasteiger partial charge is 0.246 e. The first-order valence-corrected chi connectivity index (χ1v) is 7.02. The Morgan fingerprint density at radius 1 is 1.45 bits per heavy atom. The van der Waals surface area contributed by atoms with Gasteiger partial charge in [-0.05, 0) is 25.0 Å². The Morgan fingerprint density at radius 2 is 2.20 bits per heavy atom. The topological polar surface area (TPSA) is 62.3 Å². The van der Waals surface area contributed by atoms with E-state index >= 15 is 0 Å². The highest BCUT2D eigenvalue weighted by Crippen LogP contribution is 2.16. The molecule has 1 fully saturated rings. The van der Waals surface area contributed by atoms with Crippen LogP contribution in [-0.2, 0) is 16.1 Å². The van der Waals surface area contributed by atoms with Crippen LogP contribution < -0.4 is 5.32 Å². The van der Waals surface area contributed by atoms with Gasteiger partial charge >= 0.3 is 0 Å². The third-order valence-electron chi connectivity index (χ3n) is 3.74. The van der Waals surface area contributed by atoms with Crippen molar-refractivity contribution in [3.05, 3.63) is 29.6 Å². The molecule has 0 radical (unpaired) electrons. The van der Waals surface area contributed by atoms with Crippen molar-refractivity contribution < 1.29 is 9.59 Å². The van der Waals surface area contributed by atoms with Crippen LogP contribution in [0.5, 0.6) is 0 Å². The van der Waals surface area contributed by atoms with E-state index in [0.29, 0.717) is 6.54 Å². The lowest BCUT2D eigenvalue weighted by atomic mass is 9.96. The lowest BCUT2D eigenvalue weighted by Gasteiger charge is -2.35. The Bertz CT molecular complexity index is 516. The average Bonchev–Trinajstić information content (AvgIpc) is 2.41. The fourth-order valence-corrected chi connectivity index (χ4v) is 2.37. The fraction of sp³-hybridized carbons (Fsp3) is 0.533. The SMILES string of the molecule is CCC(C)C1NC(=O)CN(Cc2cccc(C)n2)C1=O. The molecule has 2 unspecified atom stereocenters. The molecule has 2 atom stereocenters. The number of nitrogens with one attached hydrogen (secondary N) is 1. The molecule has 0 bridgehead atoms. The van der Waals surface area contributed by atoms with E-state index < -0.39 is 6.04 Å². The van der Waals surface area contributed by atoms with Gasteiger partial charge in [0.25, 0.3) is 0 Å². The molecule has 1 aliphatic rings. The Kier molecular flexibility index (Phi) is 4.37. The molecule has 5 nitrogen and oxygen atoms in total. The summed E-state index contributed by atoms with van der Waals surface area (Å²) in [7, 11) is 0. The summed E-state index contributed by atoms with van der Waals surface area (Å²) in [5.41, 5.74) is 1.73. The van der Waals surface area contributed by atoms with E-state index in [-0.39, 0.29) is 24.3 Å². The number of piperazine rings is 1. The summed E-state index contributed by atoms with van der Waals surface area (Å²) >= 11 is 0. The molecule has 0 aliphatic carbocycles. The number of carbonyl (C=O) groups excluding carboxylic acids is 2. The van der Waals surface area contributed by atoms with Crippen LogP contribution in [0.2, 0.25) is 0 Å². The van der Waals surface area contributed by atoms with Crippen LogP contribution in [0.15, 0.2) is 18.2 Å². The van der Waals surface area contributed by atoms with Crippen molar-refractivity contribution in [3.8, 4) is 0 Å². The quantitative estimate of drug-likeness (QED) is 0.900. The fourth-order valence-electron chi connectivity index (χ4n) is 2.37. The third-order valence-corrected chi connectivity index (χ3v) is 3.74. The number of carbonyl (C=O) groups is 2. The summed E-state index contributed by atoms with van der Waals surface area (Å²) in [6.07, 6.45) is 0.854. The molecule has 0 spiro atoms. The summed E-state index contributed by atoms with van der Waals surface area (Å²) in [5.74, 6) is 0.0320. The zero-order valence-electron chi connectivity index (χ0n) is 12.2. The maximum atomic E-state index is 12.4. The highest BCUT2D eigenvalue weighted by atomic mass is 16.2. The zero-order chi connectivity index (χ0) is 14.7. The zero-order valence-corrected chi connectivity index (χ0v) is 12.2. The maximum Gasteiger partial charge on any atom is 0.246 e. The van der Waals surface area contributed by atoms with E-state index in [2.05, 4.69) is 10.3 Å².